The summed E-state index contributed by atoms with van der Waals surface area (Å²) < 4.78 is 17.4. The van der Waals surface area contributed by atoms with Crippen molar-refractivity contribution in [2.45, 2.75) is 27.3 Å². The topological polar surface area (TPSA) is 77.1 Å². The summed E-state index contributed by atoms with van der Waals surface area (Å²) in [7, 11) is 0. The number of hydrogen-bond donors (Lipinski definition) is 1. The summed E-state index contributed by atoms with van der Waals surface area (Å²) in [5.41, 5.74) is 4.19. The molecule has 1 amide bonds. The molecule has 8 heteroatoms. The first-order valence-electron chi connectivity index (χ1n) is 8.92. The van der Waals surface area contributed by atoms with Crippen LogP contribution in [-0.2, 0) is 6.54 Å². The highest BCUT2D eigenvalue weighted by Crippen LogP contribution is 2.24. The van der Waals surface area contributed by atoms with Crippen LogP contribution in [0.4, 0.5) is 10.1 Å². The lowest BCUT2D eigenvalue weighted by atomic mass is 10.2. The number of amides is 1. The molecule has 0 radical (unpaired) electrons. The number of anilines is 1. The molecule has 7 nitrogen and oxygen atoms in total. The predicted molar refractivity (Wildman–Crippen MR) is 104 cm³/mol. The molecule has 0 aliphatic carbocycles. The second-order valence-corrected chi connectivity index (χ2v) is 6.55. The van der Waals surface area contributed by atoms with Gasteiger partial charge in [0, 0.05) is 24.5 Å². The molecule has 0 atom stereocenters. The van der Waals surface area contributed by atoms with Crippen LogP contribution >= 0.6 is 0 Å². The van der Waals surface area contributed by atoms with Crippen molar-refractivity contribution >= 4 is 17.2 Å². The van der Waals surface area contributed by atoms with E-state index in [1.165, 1.54) is 12.3 Å². The van der Waals surface area contributed by atoms with E-state index in [-0.39, 0.29) is 11.3 Å². The van der Waals surface area contributed by atoms with Gasteiger partial charge in [0.05, 0.1) is 23.3 Å². The van der Waals surface area contributed by atoms with Crippen molar-refractivity contribution in [1.29, 1.82) is 0 Å². The first-order valence-corrected chi connectivity index (χ1v) is 8.92. The zero-order valence-corrected chi connectivity index (χ0v) is 15.8. The van der Waals surface area contributed by atoms with Crippen molar-refractivity contribution in [3.05, 3.63) is 65.5 Å². The lowest BCUT2D eigenvalue weighted by molar-refractivity contribution is 0.102. The minimum absolute atomic E-state index is 0.126. The van der Waals surface area contributed by atoms with Gasteiger partial charge in [0.1, 0.15) is 11.4 Å². The lowest BCUT2D eigenvalue weighted by Crippen LogP contribution is -2.13. The molecule has 0 bridgehead atoms. The van der Waals surface area contributed by atoms with Crippen LogP contribution in [-0.4, -0.2) is 30.3 Å². The molecular formula is C20H19FN6O. The summed E-state index contributed by atoms with van der Waals surface area (Å²) in [5, 5.41) is 11.4. The number of hydrogen-bond acceptors (Lipinski definition) is 4. The second-order valence-electron chi connectivity index (χ2n) is 6.55. The quantitative estimate of drug-likeness (QED) is 0.588. The fraction of sp³-hybridized carbons (Fsp3) is 0.200. The van der Waals surface area contributed by atoms with Gasteiger partial charge in [-0.25, -0.2) is 13.9 Å². The molecule has 28 heavy (non-hydrogen) atoms. The summed E-state index contributed by atoms with van der Waals surface area (Å²) in [4.78, 5) is 17.0. The number of carbonyl (C=O) groups is 1. The van der Waals surface area contributed by atoms with Gasteiger partial charge in [0.25, 0.3) is 5.91 Å². The molecule has 0 aliphatic rings. The van der Waals surface area contributed by atoms with Crippen LogP contribution < -0.4 is 5.32 Å². The minimum Gasteiger partial charge on any atom is -0.319 e. The molecule has 3 heterocycles. The Morgan fingerprint density at radius 1 is 1.25 bits per heavy atom. The average molecular weight is 378 g/mol. The van der Waals surface area contributed by atoms with Crippen molar-refractivity contribution in [2.75, 3.05) is 5.32 Å². The highest BCUT2D eigenvalue weighted by Gasteiger charge is 2.19. The van der Waals surface area contributed by atoms with Crippen LogP contribution in [0.15, 0.2) is 42.9 Å². The van der Waals surface area contributed by atoms with Gasteiger partial charge in [0.15, 0.2) is 5.65 Å². The van der Waals surface area contributed by atoms with Gasteiger partial charge in [-0.1, -0.05) is 6.07 Å². The van der Waals surface area contributed by atoms with Crippen molar-refractivity contribution in [2.24, 2.45) is 0 Å². The fourth-order valence-corrected chi connectivity index (χ4v) is 3.11. The van der Waals surface area contributed by atoms with Crippen LogP contribution in [0.25, 0.3) is 16.9 Å². The van der Waals surface area contributed by atoms with Gasteiger partial charge in [-0.2, -0.15) is 10.2 Å². The van der Waals surface area contributed by atoms with E-state index >= 15 is 0 Å². The van der Waals surface area contributed by atoms with E-state index in [1.807, 2.05) is 37.7 Å². The van der Waals surface area contributed by atoms with E-state index in [0.717, 1.165) is 29.1 Å². The number of rotatable bonds is 4. The molecule has 0 spiro atoms. The summed E-state index contributed by atoms with van der Waals surface area (Å²) in [6.07, 6.45) is 5.00. The smallest absolute Gasteiger partial charge is 0.261 e. The third kappa shape index (κ3) is 3.02. The monoisotopic (exact) mass is 378 g/mol. The average Bonchev–Trinajstić information content (AvgIpc) is 3.28. The molecule has 0 fully saturated rings. The summed E-state index contributed by atoms with van der Waals surface area (Å²) in [6.45, 7) is 6.52. The van der Waals surface area contributed by atoms with Crippen LogP contribution in [0.2, 0.25) is 0 Å². The number of carbonyl (C=O) groups excluding carboxylic acids is 1. The van der Waals surface area contributed by atoms with Gasteiger partial charge < -0.3 is 5.32 Å². The predicted octanol–water partition coefficient (Wildman–Crippen LogP) is 3.62. The maximum absolute atomic E-state index is 14.0. The zero-order chi connectivity index (χ0) is 19.8. The Morgan fingerprint density at radius 3 is 2.82 bits per heavy atom. The van der Waals surface area contributed by atoms with Gasteiger partial charge in [0.2, 0.25) is 0 Å². The van der Waals surface area contributed by atoms with E-state index < -0.39 is 11.7 Å². The van der Waals surface area contributed by atoms with Crippen LogP contribution in [0.1, 0.15) is 28.5 Å². The molecule has 0 unspecified atom stereocenters. The molecule has 4 aromatic rings. The third-order valence-electron chi connectivity index (χ3n) is 4.56. The molecule has 3 aromatic heterocycles. The third-order valence-corrected chi connectivity index (χ3v) is 4.56. The Morgan fingerprint density at radius 2 is 2.07 bits per heavy atom. The van der Waals surface area contributed by atoms with Crippen molar-refractivity contribution < 1.29 is 9.18 Å². The number of aromatic nitrogens is 5. The van der Waals surface area contributed by atoms with E-state index in [9.17, 15) is 9.18 Å². The number of fused-ring (bicyclic) bond motifs is 1. The van der Waals surface area contributed by atoms with Crippen LogP contribution in [0.5, 0.6) is 0 Å². The molecule has 0 aliphatic heterocycles. The second kappa shape index (κ2) is 6.88. The van der Waals surface area contributed by atoms with E-state index in [1.54, 1.807) is 22.8 Å². The van der Waals surface area contributed by atoms with E-state index in [2.05, 4.69) is 20.5 Å². The Bertz CT molecular complexity index is 1190. The van der Waals surface area contributed by atoms with Crippen LogP contribution in [0.3, 0.4) is 0 Å². The first-order chi connectivity index (χ1) is 13.5. The Balaban J connectivity index is 1.74. The minimum atomic E-state index is -0.494. The number of nitrogens with one attached hydrogen (secondary N) is 1. The van der Waals surface area contributed by atoms with Gasteiger partial charge in [-0.05, 0) is 44.5 Å². The van der Waals surface area contributed by atoms with Gasteiger partial charge in [-0.3, -0.25) is 9.48 Å². The lowest BCUT2D eigenvalue weighted by Gasteiger charge is -2.07. The van der Waals surface area contributed by atoms with Crippen molar-refractivity contribution in [3.63, 3.8) is 0 Å². The number of nitrogens with zero attached hydrogens (tertiary/aromatic N) is 5. The molecule has 4 rings (SSSR count). The molecule has 0 saturated heterocycles. The standard InChI is InChI=1S/C20H19FN6O/c1-4-26-11-15(13(3)25-26)18-7-8-22-19-14(10-23-27(18)19)20(28)24-17-9-12(2)5-6-16(17)21/h5-11H,4H2,1-3H3,(H,24,28). The SMILES string of the molecule is CCn1cc(-c2ccnc3c(C(=O)Nc4cc(C)ccc4F)cnn23)c(C)n1. The summed E-state index contributed by atoms with van der Waals surface area (Å²) in [5.74, 6) is -0.961. The van der Waals surface area contributed by atoms with Crippen molar-refractivity contribution in [3.8, 4) is 11.3 Å². The largest absolute Gasteiger partial charge is 0.319 e. The summed E-state index contributed by atoms with van der Waals surface area (Å²) >= 11 is 0. The van der Waals surface area contributed by atoms with Gasteiger partial charge >= 0.3 is 0 Å². The summed E-state index contributed by atoms with van der Waals surface area (Å²) in [6, 6.07) is 6.38. The Labute approximate surface area is 160 Å². The number of benzene rings is 1. The molecular weight excluding hydrogens is 359 g/mol. The van der Waals surface area contributed by atoms with E-state index in [0.29, 0.717) is 5.65 Å². The highest BCUT2D eigenvalue weighted by atomic mass is 19.1. The number of halogens is 1. The van der Waals surface area contributed by atoms with Crippen LogP contribution in [0, 0.1) is 19.7 Å². The molecule has 1 aromatic carbocycles. The maximum atomic E-state index is 14.0. The molecule has 0 saturated carbocycles. The Kier molecular flexibility index (Phi) is 4.38. The number of aryl methyl sites for hydroxylation is 3. The molecule has 1 N–H and O–H groups in total. The highest BCUT2D eigenvalue weighted by molar-refractivity contribution is 6.08. The van der Waals surface area contributed by atoms with E-state index in [4.69, 9.17) is 0 Å². The maximum Gasteiger partial charge on any atom is 0.261 e. The normalized spacial score (nSPS) is 11.1. The van der Waals surface area contributed by atoms with Gasteiger partial charge in [-0.15, -0.1) is 0 Å². The zero-order valence-electron chi connectivity index (χ0n) is 15.8. The van der Waals surface area contributed by atoms with Crippen molar-refractivity contribution in [1.82, 2.24) is 24.4 Å². The molecule has 142 valence electrons. The Hall–Kier alpha value is -3.55. The fourth-order valence-electron chi connectivity index (χ4n) is 3.11. The first kappa shape index (κ1) is 17.8.